The van der Waals surface area contributed by atoms with Gasteiger partial charge in [-0.2, -0.15) is 0 Å². The van der Waals surface area contributed by atoms with Crippen LogP contribution in [0.25, 0.3) is 10.2 Å². The fourth-order valence-electron chi connectivity index (χ4n) is 4.55. The molecule has 1 unspecified atom stereocenters. The van der Waals surface area contributed by atoms with Crippen LogP contribution in [0.15, 0.2) is 36.4 Å². The third-order valence-corrected chi connectivity index (χ3v) is 8.06. The van der Waals surface area contributed by atoms with Crippen LogP contribution in [0, 0.1) is 11.7 Å². The van der Waals surface area contributed by atoms with Gasteiger partial charge in [0, 0.05) is 44.8 Å². The number of hydrogen-bond donors (Lipinski definition) is 0. The molecule has 5 rings (SSSR count). The molecule has 1 atom stereocenters. The number of methoxy groups -OCH3 is 1. The highest BCUT2D eigenvalue weighted by molar-refractivity contribution is 7.23. The molecule has 190 valence electrons. The second-order valence-corrected chi connectivity index (χ2v) is 10.1. The molecular weight excluding hydrogens is 507 g/mol. The average Bonchev–Trinajstić information content (AvgIpc) is 3.50. The van der Waals surface area contributed by atoms with Gasteiger partial charge in [0.1, 0.15) is 17.1 Å². The van der Waals surface area contributed by atoms with E-state index in [9.17, 15) is 14.0 Å². The van der Waals surface area contributed by atoms with Crippen LogP contribution < -0.4 is 14.5 Å². The van der Waals surface area contributed by atoms with E-state index in [4.69, 9.17) is 26.1 Å². The van der Waals surface area contributed by atoms with Crippen LogP contribution >= 0.6 is 22.9 Å². The van der Waals surface area contributed by atoms with Gasteiger partial charge in [-0.3, -0.25) is 19.4 Å². The van der Waals surface area contributed by atoms with Gasteiger partial charge in [0.2, 0.25) is 11.8 Å². The Balaban J connectivity index is 1.42. The molecule has 0 N–H and O–H groups in total. The van der Waals surface area contributed by atoms with Gasteiger partial charge in [-0.15, -0.1) is 0 Å². The molecule has 2 saturated heterocycles. The first kappa shape index (κ1) is 24.9. The van der Waals surface area contributed by atoms with Gasteiger partial charge in [-0.05, 0) is 36.4 Å². The smallest absolute Gasteiger partial charge is 0.234 e. The highest BCUT2D eigenvalue weighted by atomic mass is 35.5. The lowest BCUT2D eigenvalue weighted by atomic mass is 10.1. The molecule has 0 spiro atoms. The standard InChI is InChI=1S/C25H26ClFN4O4S/c1-34-20-7-6-19(26)23-22(20)28-25(36-23)30(9-8-29-10-12-35-13-11-29)24(33)16-14-21(32)31(15-16)18-4-2-17(27)3-5-18/h2-7,16H,8-15H2,1H3. The number of rotatable bonds is 7. The largest absolute Gasteiger partial charge is 0.494 e. The van der Waals surface area contributed by atoms with Crippen molar-refractivity contribution in [1.82, 2.24) is 9.88 Å². The Kier molecular flexibility index (Phi) is 7.38. The summed E-state index contributed by atoms with van der Waals surface area (Å²) in [6.07, 6.45) is 0.0826. The monoisotopic (exact) mass is 532 g/mol. The summed E-state index contributed by atoms with van der Waals surface area (Å²) in [5, 5.41) is 1.05. The summed E-state index contributed by atoms with van der Waals surface area (Å²) in [6, 6.07) is 9.23. The van der Waals surface area contributed by atoms with Crippen molar-refractivity contribution in [3.05, 3.63) is 47.2 Å². The minimum absolute atomic E-state index is 0.0826. The Morgan fingerprint density at radius 2 is 2.00 bits per heavy atom. The Labute approximate surface area is 217 Å². The van der Waals surface area contributed by atoms with Gasteiger partial charge in [0.25, 0.3) is 0 Å². The van der Waals surface area contributed by atoms with E-state index in [0.717, 1.165) is 17.8 Å². The first-order valence-electron chi connectivity index (χ1n) is 11.7. The van der Waals surface area contributed by atoms with E-state index in [0.29, 0.717) is 53.4 Å². The summed E-state index contributed by atoms with van der Waals surface area (Å²) < 4.78 is 25.0. The minimum atomic E-state index is -0.545. The summed E-state index contributed by atoms with van der Waals surface area (Å²) in [5.74, 6) is -0.678. The predicted octanol–water partition coefficient (Wildman–Crippen LogP) is 3.82. The van der Waals surface area contributed by atoms with Crippen LogP contribution in [0.3, 0.4) is 0 Å². The molecule has 0 aliphatic carbocycles. The number of carbonyl (C=O) groups is 2. The van der Waals surface area contributed by atoms with E-state index in [2.05, 4.69) is 4.90 Å². The number of nitrogens with zero attached hydrogens (tertiary/aromatic N) is 4. The van der Waals surface area contributed by atoms with E-state index >= 15 is 0 Å². The number of fused-ring (bicyclic) bond motifs is 1. The second kappa shape index (κ2) is 10.7. The van der Waals surface area contributed by atoms with Crippen molar-refractivity contribution >= 4 is 55.8 Å². The van der Waals surface area contributed by atoms with Crippen LogP contribution in [-0.2, 0) is 14.3 Å². The fraction of sp³-hybridized carbons (Fsp3) is 0.400. The highest BCUT2D eigenvalue weighted by Crippen LogP contribution is 2.39. The summed E-state index contributed by atoms with van der Waals surface area (Å²) in [5.41, 5.74) is 1.18. The number of amides is 2. The highest BCUT2D eigenvalue weighted by Gasteiger charge is 2.38. The van der Waals surface area contributed by atoms with E-state index in [1.807, 2.05) is 0 Å². The Hall–Kier alpha value is -2.79. The van der Waals surface area contributed by atoms with Crippen LogP contribution in [-0.4, -0.2) is 74.7 Å². The lowest BCUT2D eigenvalue weighted by molar-refractivity contribution is -0.124. The minimum Gasteiger partial charge on any atom is -0.494 e. The first-order chi connectivity index (χ1) is 17.4. The molecule has 0 bridgehead atoms. The van der Waals surface area contributed by atoms with E-state index in [1.54, 1.807) is 41.2 Å². The molecule has 8 nitrogen and oxygen atoms in total. The molecule has 2 aromatic carbocycles. The van der Waals surface area contributed by atoms with Crippen molar-refractivity contribution in [2.45, 2.75) is 6.42 Å². The van der Waals surface area contributed by atoms with Crippen molar-refractivity contribution < 1.29 is 23.5 Å². The third kappa shape index (κ3) is 5.04. The molecule has 2 fully saturated rings. The molecule has 11 heteroatoms. The molecule has 2 aliphatic rings. The van der Waals surface area contributed by atoms with Crippen LogP contribution in [0.5, 0.6) is 5.75 Å². The van der Waals surface area contributed by atoms with Gasteiger partial charge in [-0.1, -0.05) is 22.9 Å². The summed E-state index contributed by atoms with van der Waals surface area (Å²) >= 11 is 7.77. The van der Waals surface area contributed by atoms with E-state index < -0.39 is 5.92 Å². The molecule has 3 aromatic rings. The molecule has 0 radical (unpaired) electrons. The zero-order valence-electron chi connectivity index (χ0n) is 19.8. The molecular formula is C25H26ClFN4O4S. The number of hydrogen-bond acceptors (Lipinski definition) is 7. The zero-order valence-corrected chi connectivity index (χ0v) is 21.4. The van der Waals surface area contributed by atoms with Crippen molar-refractivity contribution in [3.8, 4) is 5.75 Å². The zero-order chi connectivity index (χ0) is 25.2. The van der Waals surface area contributed by atoms with Crippen LogP contribution in [0.1, 0.15) is 6.42 Å². The number of aromatic nitrogens is 1. The first-order valence-corrected chi connectivity index (χ1v) is 12.9. The fourth-order valence-corrected chi connectivity index (χ4v) is 5.84. The van der Waals surface area contributed by atoms with Gasteiger partial charge in [0.15, 0.2) is 5.13 Å². The quantitative estimate of drug-likeness (QED) is 0.460. The number of morpholine rings is 1. The van der Waals surface area contributed by atoms with Gasteiger partial charge >= 0.3 is 0 Å². The Bertz CT molecular complexity index is 1260. The molecule has 2 amide bonds. The summed E-state index contributed by atoms with van der Waals surface area (Å²) in [4.78, 5) is 36.9. The Morgan fingerprint density at radius 1 is 1.25 bits per heavy atom. The van der Waals surface area contributed by atoms with E-state index in [-0.39, 0.29) is 30.6 Å². The lowest BCUT2D eigenvalue weighted by Gasteiger charge is -2.30. The second-order valence-electron chi connectivity index (χ2n) is 8.75. The van der Waals surface area contributed by atoms with E-state index in [1.165, 1.54) is 23.5 Å². The molecule has 36 heavy (non-hydrogen) atoms. The topological polar surface area (TPSA) is 75.2 Å². The number of ether oxygens (including phenoxy) is 2. The number of anilines is 2. The van der Waals surface area contributed by atoms with Gasteiger partial charge < -0.3 is 14.4 Å². The SMILES string of the molecule is COc1ccc(Cl)c2sc(N(CCN3CCOCC3)C(=O)C3CC(=O)N(c4ccc(F)cc4)C3)nc12. The van der Waals surface area contributed by atoms with Crippen molar-refractivity contribution in [3.63, 3.8) is 0 Å². The number of carbonyl (C=O) groups excluding carboxylic acids is 2. The van der Waals surface area contributed by atoms with Crippen molar-refractivity contribution in [1.29, 1.82) is 0 Å². The maximum absolute atomic E-state index is 13.9. The third-order valence-electron chi connectivity index (χ3n) is 6.52. The molecule has 2 aliphatic heterocycles. The summed E-state index contributed by atoms with van der Waals surface area (Å²) in [7, 11) is 1.57. The van der Waals surface area contributed by atoms with Crippen molar-refractivity contribution in [2.75, 3.05) is 62.8 Å². The van der Waals surface area contributed by atoms with Crippen molar-refractivity contribution in [2.24, 2.45) is 5.92 Å². The molecule has 3 heterocycles. The normalized spacial score (nSPS) is 18.7. The van der Waals surface area contributed by atoms with Gasteiger partial charge in [0.05, 0.1) is 36.0 Å². The maximum Gasteiger partial charge on any atom is 0.234 e. The Morgan fingerprint density at radius 3 is 2.72 bits per heavy atom. The predicted molar refractivity (Wildman–Crippen MR) is 138 cm³/mol. The molecule has 0 saturated carbocycles. The average molecular weight is 533 g/mol. The van der Waals surface area contributed by atoms with Gasteiger partial charge in [-0.25, -0.2) is 9.37 Å². The number of benzene rings is 2. The summed E-state index contributed by atoms with van der Waals surface area (Å²) in [6.45, 7) is 4.20. The number of thiazole rings is 1. The van der Waals surface area contributed by atoms with Crippen LogP contribution in [0.4, 0.5) is 15.2 Å². The lowest BCUT2D eigenvalue weighted by Crippen LogP contribution is -2.45. The molecule has 1 aromatic heterocycles. The maximum atomic E-state index is 13.9. The number of halogens is 2. The van der Waals surface area contributed by atoms with Crippen LogP contribution in [0.2, 0.25) is 5.02 Å².